The lowest BCUT2D eigenvalue weighted by Gasteiger charge is -2.36. The number of ether oxygens (including phenoxy) is 10. The number of carbonyl (C=O) groups excluding carboxylic acids is 10. The van der Waals surface area contributed by atoms with Crippen molar-refractivity contribution in [2.45, 2.75) is 282 Å². The van der Waals surface area contributed by atoms with E-state index in [0.29, 0.717) is 38.5 Å². The molecule has 0 amide bonds. The van der Waals surface area contributed by atoms with Crippen molar-refractivity contribution >= 4 is 59.7 Å². The summed E-state index contributed by atoms with van der Waals surface area (Å²) in [6.07, 6.45) is -1.40. The summed E-state index contributed by atoms with van der Waals surface area (Å²) in [5.41, 5.74) is 0. The molecule has 0 radical (unpaired) electrons. The summed E-state index contributed by atoms with van der Waals surface area (Å²) in [5.74, 6) is -6.37. The highest BCUT2D eigenvalue weighted by atomic mass is 16.6. The van der Waals surface area contributed by atoms with Crippen LogP contribution in [0.3, 0.4) is 0 Å². The lowest BCUT2D eigenvalue weighted by atomic mass is 9.77. The number of carbonyl (C=O) groups is 10. The van der Waals surface area contributed by atoms with Crippen LogP contribution in [-0.4, -0.2) is 121 Å². The van der Waals surface area contributed by atoms with Crippen molar-refractivity contribution in [3.05, 3.63) is 0 Å². The fourth-order valence-electron chi connectivity index (χ4n) is 11.4. The molecule has 0 heterocycles. The molecule has 20 nitrogen and oxygen atoms in total. The van der Waals surface area contributed by atoms with E-state index in [2.05, 4.69) is 6.92 Å². The van der Waals surface area contributed by atoms with Gasteiger partial charge in [0.2, 0.25) is 0 Å². The molecule has 0 aromatic heterocycles. The van der Waals surface area contributed by atoms with Gasteiger partial charge in [0.15, 0.2) is 0 Å². The van der Waals surface area contributed by atoms with Gasteiger partial charge in [-0.2, -0.15) is 0 Å². The molecule has 0 aliphatic heterocycles. The van der Waals surface area contributed by atoms with Crippen LogP contribution in [0.1, 0.15) is 221 Å². The second-order valence-electron chi connectivity index (χ2n) is 22.2. The third kappa shape index (κ3) is 35.8. The summed E-state index contributed by atoms with van der Waals surface area (Å²) in [7, 11) is 0. The minimum absolute atomic E-state index is 0.0393. The van der Waals surface area contributed by atoms with Crippen molar-refractivity contribution in [1.29, 1.82) is 0 Å². The molecular formula is C59H100O20. The van der Waals surface area contributed by atoms with Crippen molar-refractivity contribution in [2.75, 3.05) is 0 Å². The average molecular weight is 1130 g/mol. The first-order valence-corrected chi connectivity index (χ1v) is 28.4. The van der Waals surface area contributed by atoms with E-state index in [1.165, 1.54) is 69.2 Å². The van der Waals surface area contributed by atoms with Crippen LogP contribution in [0.5, 0.6) is 0 Å². The predicted molar refractivity (Wildman–Crippen MR) is 291 cm³/mol. The van der Waals surface area contributed by atoms with E-state index in [9.17, 15) is 47.9 Å². The molecule has 16 atom stereocenters. The maximum atomic E-state index is 12.9. The molecule has 0 spiro atoms. The predicted octanol–water partition coefficient (Wildman–Crippen LogP) is 10.0. The maximum absolute atomic E-state index is 12.9. The number of esters is 10. The average Bonchev–Trinajstić information content (AvgIpc) is 3.24. The fourth-order valence-corrected chi connectivity index (χ4v) is 11.4. The van der Waals surface area contributed by atoms with Crippen LogP contribution in [0.2, 0.25) is 0 Å². The van der Waals surface area contributed by atoms with Gasteiger partial charge in [-0.25, -0.2) is 0 Å². The van der Waals surface area contributed by atoms with Gasteiger partial charge in [-0.1, -0.05) is 54.4 Å². The lowest BCUT2D eigenvalue weighted by molar-refractivity contribution is -0.160. The Bertz CT molecular complexity index is 1900. The van der Waals surface area contributed by atoms with Crippen molar-refractivity contribution in [3.63, 3.8) is 0 Å². The Hall–Kier alpha value is -5.30. The highest BCUT2D eigenvalue weighted by Gasteiger charge is 2.38. The van der Waals surface area contributed by atoms with Gasteiger partial charge in [0.25, 0.3) is 0 Å². The first-order chi connectivity index (χ1) is 36.7. The molecule has 0 fully saturated rings. The topological polar surface area (TPSA) is 263 Å². The Morgan fingerprint density at radius 1 is 0.266 bits per heavy atom. The Morgan fingerprint density at radius 2 is 0.494 bits per heavy atom. The first kappa shape index (κ1) is 73.7. The molecule has 79 heavy (non-hydrogen) atoms. The van der Waals surface area contributed by atoms with E-state index in [1.54, 1.807) is 13.8 Å². The van der Waals surface area contributed by atoms with Gasteiger partial charge in [0.05, 0.1) is 0 Å². The molecule has 456 valence electrons. The van der Waals surface area contributed by atoms with Crippen molar-refractivity contribution in [3.8, 4) is 0 Å². The van der Waals surface area contributed by atoms with Crippen LogP contribution in [0, 0.1) is 35.5 Å². The molecule has 0 saturated carbocycles. The highest BCUT2D eigenvalue weighted by molar-refractivity contribution is 5.69. The quantitative estimate of drug-likeness (QED) is 0.0408. The molecule has 0 aliphatic rings. The Kier molecular flexibility index (Phi) is 36.5. The maximum Gasteiger partial charge on any atom is 0.302 e. The number of rotatable bonds is 40. The number of hydrogen-bond donors (Lipinski definition) is 0. The Labute approximate surface area is 471 Å². The Morgan fingerprint density at radius 3 is 0.759 bits per heavy atom. The van der Waals surface area contributed by atoms with Crippen LogP contribution in [0.4, 0.5) is 0 Å². The van der Waals surface area contributed by atoms with E-state index in [0.717, 1.165) is 6.42 Å². The summed E-state index contributed by atoms with van der Waals surface area (Å²) in [4.78, 5) is 124. The van der Waals surface area contributed by atoms with Gasteiger partial charge in [-0.15, -0.1) is 0 Å². The van der Waals surface area contributed by atoms with E-state index in [4.69, 9.17) is 47.4 Å². The van der Waals surface area contributed by atoms with E-state index in [1.807, 2.05) is 34.6 Å². The van der Waals surface area contributed by atoms with Gasteiger partial charge in [-0.3, -0.25) is 47.9 Å². The summed E-state index contributed by atoms with van der Waals surface area (Å²) in [6.45, 7) is 28.3. The summed E-state index contributed by atoms with van der Waals surface area (Å²) in [5, 5.41) is 0. The van der Waals surface area contributed by atoms with Crippen LogP contribution in [-0.2, 0) is 95.3 Å². The van der Waals surface area contributed by atoms with E-state index in [-0.39, 0.29) is 86.9 Å². The fraction of sp³-hybridized carbons (Fsp3) is 0.831. The monoisotopic (exact) mass is 1130 g/mol. The van der Waals surface area contributed by atoms with Crippen molar-refractivity contribution in [2.24, 2.45) is 35.5 Å². The minimum Gasteiger partial charge on any atom is -0.463 e. The molecule has 0 bridgehead atoms. The standard InChI is InChI=1S/C59H100O20/c1-19-21-56(36(5)23-34(3)24-50(72-42(11)62)30-54(76-46(15)66)28-38(7)70-40(9)60)58(78-48(17)68)32-51(73-43(12)63)25-35(4)26-52(74-44(13)64)33-59(79-49(18)69)57(22-20-2)37(6)27-53(75-45(14)65)31-55(77-47(16)67)29-39(8)71-41(10)61/h34-39,50-59H,19-33H2,1-18H3. The van der Waals surface area contributed by atoms with Gasteiger partial charge in [0, 0.05) is 108 Å². The van der Waals surface area contributed by atoms with Crippen LogP contribution in [0.15, 0.2) is 0 Å². The molecule has 0 aliphatic carbocycles. The Balaban J connectivity index is 6.82. The smallest absolute Gasteiger partial charge is 0.302 e. The molecule has 0 saturated heterocycles. The zero-order valence-electron chi connectivity index (χ0n) is 51.0. The zero-order chi connectivity index (χ0) is 60.7. The summed E-state index contributed by atoms with van der Waals surface area (Å²) >= 11 is 0. The van der Waals surface area contributed by atoms with Crippen molar-refractivity contribution in [1.82, 2.24) is 0 Å². The number of hydrogen-bond acceptors (Lipinski definition) is 20. The van der Waals surface area contributed by atoms with Gasteiger partial charge >= 0.3 is 59.7 Å². The minimum atomic E-state index is -0.766. The molecule has 0 N–H and O–H groups in total. The molecule has 0 rings (SSSR count). The molecule has 20 heteroatoms. The molecule has 0 aromatic rings. The molecular weight excluding hydrogens is 1030 g/mol. The third-order valence-electron chi connectivity index (χ3n) is 13.7. The molecule has 0 aromatic carbocycles. The van der Waals surface area contributed by atoms with Crippen molar-refractivity contribution < 1.29 is 95.3 Å². The first-order valence-electron chi connectivity index (χ1n) is 28.4. The largest absolute Gasteiger partial charge is 0.463 e. The van der Waals surface area contributed by atoms with Crippen LogP contribution < -0.4 is 0 Å². The lowest BCUT2D eigenvalue weighted by Crippen LogP contribution is -2.38. The van der Waals surface area contributed by atoms with Crippen LogP contribution in [0.25, 0.3) is 0 Å². The van der Waals surface area contributed by atoms with Gasteiger partial charge < -0.3 is 47.4 Å². The van der Waals surface area contributed by atoms with E-state index >= 15 is 0 Å². The summed E-state index contributed by atoms with van der Waals surface area (Å²) < 4.78 is 57.4. The normalized spacial score (nSPS) is 17.4. The zero-order valence-corrected chi connectivity index (χ0v) is 51.0. The summed E-state index contributed by atoms with van der Waals surface area (Å²) in [6, 6.07) is 0. The highest BCUT2D eigenvalue weighted by Crippen LogP contribution is 2.37. The second kappa shape index (κ2) is 39.2. The molecule has 16 unspecified atom stereocenters. The second-order valence-corrected chi connectivity index (χ2v) is 22.2. The van der Waals surface area contributed by atoms with E-state index < -0.39 is 121 Å². The van der Waals surface area contributed by atoms with Crippen LogP contribution >= 0.6 is 0 Å². The SMILES string of the molecule is CCCC(C(C)CC(C)CC(CC(CC(C)OC(C)=O)OC(C)=O)OC(C)=O)C(CC(CC(C)CC(CC(OC(C)=O)C(CCC)C(C)CC(CC(CC(C)OC(C)=O)OC(C)=O)OC(C)=O)OC(C)=O)OC(C)=O)OC(C)=O. The van der Waals surface area contributed by atoms with Gasteiger partial charge in [0.1, 0.15) is 61.0 Å². The third-order valence-corrected chi connectivity index (χ3v) is 13.7. The van der Waals surface area contributed by atoms with Gasteiger partial charge in [-0.05, 0) is 94.3 Å².